The fourth-order valence-electron chi connectivity index (χ4n) is 9.32. The van der Waals surface area contributed by atoms with Gasteiger partial charge in [-0.15, -0.1) is 0 Å². The lowest BCUT2D eigenvalue weighted by molar-refractivity contribution is -0.132. The topological polar surface area (TPSA) is 64.1 Å². The second-order valence-electron chi connectivity index (χ2n) is 19.9. The number of rotatable bonds is 53. The van der Waals surface area contributed by atoms with E-state index >= 15 is 0 Å². The molecule has 2 amide bonds. The number of carbonyl (C=O) groups is 2. The van der Waals surface area contributed by atoms with Gasteiger partial charge in [-0.2, -0.15) is 0 Å². The van der Waals surface area contributed by atoms with Crippen molar-refractivity contribution in [3.05, 3.63) is 0 Å². The van der Waals surface area contributed by atoms with E-state index in [0.717, 1.165) is 129 Å². The summed E-state index contributed by atoms with van der Waals surface area (Å²) in [4.78, 5) is 34.1. The lowest BCUT2D eigenvalue weighted by Crippen LogP contribution is -2.33. The Morgan fingerprint density at radius 1 is 0.270 bits per heavy atom. The molecule has 0 heterocycles. The van der Waals surface area contributed by atoms with Gasteiger partial charge in [0.15, 0.2) is 0 Å². The van der Waals surface area contributed by atoms with Crippen molar-refractivity contribution in [2.75, 3.05) is 52.4 Å². The highest BCUT2D eigenvalue weighted by Crippen LogP contribution is 2.16. The Bertz CT molecular complexity index is 809. The average Bonchev–Trinajstić information content (AvgIpc) is 3.29. The predicted octanol–water partition coefficient (Wildman–Crippen LogP) is 16.8. The lowest BCUT2D eigenvalue weighted by Gasteiger charge is -2.24. The minimum Gasteiger partial charge on any atom is -0.396 e. The molecular formula is C57H115N3O3. The largest absolute Gasteiger partial charge is 0.396 e. The van der Waals surface area contributed by atoms with Crippen LogP contribution >= 0.6 is 0 Å². The molecule has 0 spiro atoms. The minimum absolute atomic E-state index is 0.284. The summed E-state index contributed by atoms with van der Waals surface area (Å²) < 4.78 is 0. The smallest absolute Gasteiger partial charge is 0.222 e. The molecule has 0 aromatic heterocycles. The van der Waals surface area contributed by atoms with Crippen LogP contribution in [0.2, 0.25) is 0 Å². The third-order valence-corrected chi connectivity index (χ3v) is 13.7. The molecule has 1 N–H and O–H groups in total. The second kappa shape index (κ2) is 51.8. The van der Waals surface area contributed by atoms with Crippen molar-refractivity contribution < 1.29 is 14.7 Å². The summed E-state index contributed by atoms with van der Waals surface area (Å²) >= 11 is 0. The van der Waals surface area contributed by atoms with E-state index < -0.39 is 0 Å². The Hall–Kier alpha value is -1.14. The molecule has 0 unspecified atom stereocenters. The van der Waals surface area contributed by atoms with E-state index in [1.165, 1.54) is 180 Å². The summed E-state index contributed by atoms with van der Waals surface area (Å²) in [5, 5.41) is 9.36. The molecule has 0 saturated heterocycles. The van der Waals surface area contributed by atoms with E-state index in [0.29, 0.717) is 24.7 Å². The van der Waals surface area contributed by atoms with Crippen molar-refractivity contribution in [3.8, 4) is 0 Å². The molecule has 0 radical (unpaired) electrons. The average molecular weight is 891 g/mol. The maximum atomic E-state index is 13.5. The van der Waals surface area contributed by atoms with Crippen LogP contribution in [0.25, 0.3) is 0 Å². The first-order valence-corrected chi connectivity index (χ1v) is 28.9. The van der Waals surface area contributed by atoms with Crippen LogP contribution in [-0.4, -0.2) is 84.0 Å². The van der Waals surface area contributed by atoms with Crippen LogP contribution in [0.5, 0.6) is 0 Å². The van der Waals surface area contributed by atoms with Crippen molar-refractivity contribution in [3.63, 3.8) is 0 Å². The predicted molar refractivity (Wildman–Crippen MR) is 278 cm³/mol. The summed E-state index contributed by atoms with van der Waals surface area (Å²) in [7, 11) is 0. The summed E-state index contributed by atoms with van der Waals surface area (Å²) in [5.74, 6) is 0.788. The van der Waals surface area contributed by atoms with Gasteiger partial charge in [0.1, 0.15) is 0 Å². The van der Waals surface area contributed by atoms with Gasteiger partial charge in [0.05, 0.1) is 0 Å². The van der Waals surface area contributed by atoms with E-state index in [9.17, 15) is 14.7 Å². The number of aliphatic hydroxyl groups excluding tert-OH is 1. The maximum absolute atomic E-state index is 13.5. The van der Waals surface area contributed by atoms with Crippen molar-refractivity contribution in [1.29, 1.82) is 0 Å². The molecule has 0 atom stereocenters. The number of hydrogen-bond acceptors (Lipinski definition) is 4. The minimum atomic E-state index is 0.284. The van der Waals surface area contributed by atoms with Crippen LogP contribution < -0.4 is 0 Å². The standard InChI is InChI=1S/C57H115N3O3/c1-5-9-13-17-21-25-29-41-51-59(52-42-30-26-22-18-14-10-6-2)56(62)46-36-33-38-48-58(50-40-35-45-55-61)49-39-34-37-47-57(63)60(53-43-31-27-23-19-15-11-7-3)54-44-32-28-24-20-16-12-8-4/h61H,5-55H2,1-4H3. The molecule has 376 valence electrons. The van der Waals surface area contributed by atoms with Crippen molar-refractivity contribution >= 4 is 11.8 Å². The summed E-state index contributed by atoms with van der Waals surface area (Å²) in [6, 6.07) is 0. The Morgan fingerprint density at radius 2 is 0.476 bits per heavy atom. The van der Waals surface area contributed by atoms with Crippen LogP contribution in [0.3, 0.4) is 0 Å². The van der Waals surface area contributed by atoms with Gasteiger partial charge in [-0.1, -0.05) is 220 Å². The van der Waals surface area contributed by atoms with E-state index in [2.05, 4.69) is 42.4 Å². The fraction of sp³-hybridized carbons (Fsp3) is 0.965. The summed E-state index contributed by atoms with van der Waals surface area (Å²) in [6.07, 6.45) is 53.0. The van der Waals surface area contributed by atoms with Crippen LogP contribution in [0.4, 0.5) is 0 Å². The number of unbranched alkanes of at least 4 members (excludes halogenated alkanes) is 34. The second-order valence-corrected chi connectivity index (χ2v) is 19.9. The van der Waals surface area contributed by atoms with E-state index in [1.807, 2.05) is 0 Å². The van der Waals surface area contributed by atoms with E-state index in [1.54, 1.807) is 0 Å². The third-order valence-electron chi connectivity index (χ3n) is 13.7. The highest BCUT2D eigenvalue weighted by atomic mass is 16.3. The SMILES string of the molecule is CCCCCCCCCCN(CCCCCCCCCC)C(=O)CCCCCN(CCCCCO)CCCCCC(=O)N(CCCCCCCCCC)CCCCCCCCCC. The van der Waals surface area contributed by atoms with Crippen molar-refractivity contribution in [1.82, 2.24) is 14.7 Å². The first-order valence-electron chi connectivity index (χ1n) is 28.9. The van der Waals surface area contributed by atoms with Crippen LogP contribution in [0.1, 0.15) is 304 Å². The lowest BCUT2D eigenvalue weighted by atomic mass is 10.1. The van der Waals surface area contributed by atoms with Gasteiger partial charge in [-0.05, 0) is 90.3 Å². The Kier molecular flexibility index (Phi) is 50.9. The third kappa shape index (κ3) is 44.5. The van der Waals surface area contributed by atoms with Crippen molar-refractivity contribution in [2.24, 2.45) is 0 Å². The molecule has 0 aromatic carbocycles. The number of amides is 2. The molecule has 0 aromatic rings. The molecule has 0 aliphatic heterocycles. The molecule has 6 nitrogen and oxygen atoms in total. The monoisotopic (exact) mass is 890 g/mol. The molecule has 0 aliphatic carbocycles. The zero-order valence-electron chi connectivity index (χ0n) is 43.7. The van der Waals surface area contributed by atoms with Gasteiger partial charge in [-0.3, -0.25) is 9.59 Å². The van der Waals surface area contributed by atoms with Gasteiger partial charge in [0.25, 0.3) is 0 Å². The highest BCUT2D eigenvalue weighted by molar-refractivity contribution is 5.76. The maximum Gasteiger partial charge on any atom is 0.222 e. The quantitative estimate of drug-likeness (QED) is 0.0618. The highest BCUT2D eigenvalue weighted by Gasteiger charge is 2.15. The van der Waals surface area contributed by atoms with Gasteiger partial charge in [0.2, 0.25) is 11.8 Å². The number of hydrogen-bond donors (Lipinski definition) is 1. The van der Waals surface area contributed by atoms with Crippen LogP contribution in [0.15, 0.2) is 0 Å². The fourth-order valence-corrected chi connectivity index (χ4v) is 9.32. The van der Waals surface area contributed by atoms with Gasteiger partial charge < -0.3 is 19.8 Å². The Morgan fingerprint density at radius 3 is 0.730 bits per heavy atom. The zero-order valence-corrected chi connectivity index (χ0v) is 43.7. The molecular weight excluding hydrogens is 775 g/mol. The van der Waals surface area contributed by atoms with Crippen LogP contribution in [-0.2, 0) is 9.59 Å². The molecule has 0 fully saturated rings. The van der Waals surface area contributed by atoms with Crippen molar-refractivity contribution in [2.45, 2.75) is 304 Å². The summed E-state index contributed by atoms with van der Waals surface area (Å²) in [6.45, 7) is 16.5. The molecule has 0 bridgehead atoms. The van der Waals surface area contributed by atoms with Gasteiger partial charge >= 0.3 is 0 Å². The van der Waals surface area contributed by atoms with E-state index in [4.69, 9.17) is 0 Å². The molecule has 0 aliphatic rings. The van der Waals surface area contributed by atoms with Gasteiger partial charge in [0, 0.05) is 45.6 Å². The Labute approximate surface area is 396 Å². The Balaban J connectivity index is 4.82. The molecule has 6 heteroatoms. The number of aliphatic hydroxyl groups is 1. The number of nitrogens with zero attached hydrogens (tertiary/aromatic N) is 3. The molecule has 0 saturated carbocycles. The first-order chi connectivity index (χ1) is 31.0. The zero-order chi connectivity index (χ0) is 45.9. The molecule has 0 rings (SSSR count). The number of carbonyl (C=O) groups excluding carboxylic acids is 2. The van der Waals surface area contributed by atoms with Crippen LogP contribution in [0, 0.1) is 0 Å². The summed E-state index contributed by atoms with van der Waals surface area (Å²) in [5.41, 5.74) is 0. The molecule has 63 heavy (non-hydrogen) atoms. The normalized spacial score (nSPS) is 11.6. The van der Waals surface area contributed by atoms with Gasteiger partial charge in [-0.25, -0.2) is 0 Å². The first kappa shape index (κ1) is 61.9. The van der Waals surface area contributed by atoms with E-state index in [-0.39, 0.29) is 6.61 Å².